The number of rotatable bonds is 10. The predicted octanol–water partition coefficient (Wildman–Crippen LogP) is 6.88. The summed E-state index contributed by atoms with van der Waals surface area (Å²) in [5.74, 6) is -5.10. The van der Waals surface area contributed by atoms with Crippen LogP contribution in [0, 0.1) is 0 Å². The summed E-state index contributed by atoms with van der Waals surface area (Å²) < 4.78 is 10.4. The fourth-order valence-electron chi connectivity index (χ4n) is 3.54. The van der Waals surface area contributed by atoms with Crippen molar-refractivity contribution in [3.8, 4) is 0 Å². The Morgan fingerprint density at radius 1 is 0.619 bits per heavy atom. The van der Waals surface area contributed by atoms with Crippen molar-refractivity contribution in [1.29, 1.82) is 0 Å². The van der Waals surface area contributed by atoms with E-state index in [0.717, 1.165) is 0 Å². The standard InChI is InChI=1S/C30H21Cl2N3O7/c31-23-12-6-4-10-21(23)29(39)41-25(26(28(37)38)42-30(40)22-11-5-7-13-24(22)32)27(36)33-18-14-16-20(17-15-18)35-34-19-8-2-1-3-9-19/h1-17,25-26H,(H,33,36)(H,37,38)/t25-,26+/m0/s1. The first-order valence-corrected chi connectivity index (χ1v) is 13.0. The van der Waals surface area contributed by atoms with Crippen LogP contribution in [0.5, 0.6) is 0 Å². The average Bonchev–Trinajstić information content (AvgIpc) is 2.99. The Morgan fingerprint density at radius 3 is 1.57 bits per heavy atom. The molecule has 1 amide bonds. The van der Waals surface area contributed by atoms with Gasteiger partial charge in [-0.05, 0) is 60.7 Å². The molecular weight excluding hydrogens is 585 g/mol. The van der Waals surface area contributed by atoms with Gasteiger partial charge in [0.2, 0.25) is 12.2 Å². The highest BCUT2D eigenvalue weighted by Gasteiger charge is 2.41. The molecule has 0 bridgehead atoms. The topological polar surface area (TPSA) is 144 Å². The van der Waals surface area contributed by atoms with E-state index < -0.39 is 36.0 Å². The van der Waals surface area contributed by atoms with Gasteiger partial charge in [0.1, 0.15) is 0 Å². The number of carbonyl (C=O) groups excluding carboxylic acids is 3. The highest BCUT2D eigenvalue weighted by Crippen LogP contribution is 2.23. The Balaban J connectivity index is 1.58. The Bertz CT molecular complexity index is 1630. The zero-order valence-corrected chi connectivity index (χ0v) is 23.0. The second-order valence-electron chi connectivity index (χ2n) is 8.52. The lowest BCUT2D eigenvalue weighted by atomic mass is 10.1. The fraction of sp³-hybridized carbons (Fsp3) is 0.0667. The van der Waals surface area contributed by atoms with Crippen LogP contribution in [-0.4, -0.2) is 41.1 Å². The molecule has 2 N–H and O–H groups in total. The molecule has 0 aliphatic heterocycles. The molecule has 0 radical (unpaired) electrons. The number of carbonyl (C=O) groups is 4. The van der Waals surface area contributed by atoms with Gasteiger partial charge >= 0.3 is 17.9 Å². The summed E-state index contributed by atoms with van der Waals surface area (Å²) in [7, 11) is 0. The number of benzene rings is 4. The van der Waals surface area contributed by atoms with Gasteiger partial charge in [0, 0.05) is 5.69 Å². The molecule has 0 heterocycles. The Morgan fingerprint density at radius 2 is 1.07 bits per heavy atom. The number of carboxylic acid groups (broad SMARTS) is 1. The molecule has 0 fully saturated rings. The van der Waals surface area contributed by atoms with Crippen LogP contribution in [-0.2, 0) is 19.1 Å². The van der Waals surface area contributed by atoms with Crippen molar-refractivity contribution in [2.24, 2.45) is 10.2 Å². The zero-order chi connectivity index (χ0) is 30.1. The molecule has 4 rings (SSSR count). The smallest absolute Gasteiger partial charge is 0.349 e. The average molecular weight is 606 g/mol. The van der Waals surface area contributed by atoms with E-state index in [1.807, 2.05) is 18.2 Å². The van der Waals surface area contributed by atoms with Crippen LogP contribution < -0.4 is 5.32 Å². The Labute approximate surface area is 249 Å². The van der Waals surface area contributed by atoms with Gasteiger partial charge in [-0.25, -0.2) is 14.4 Å². The van der Waals surface area contributed by atoms with Gasteiger partial charge in [0.25, 0.3) is 5.91 Å². The summed E-state index contributed by atoms with van der Waals surface area (Å²) in [5.41, 5.74) is 1.03. The Kier molecular flexibility index (Phi) is 9.99. The molecule has 0 unspecified atom stereocenters. The van der Waals surface area contributed by atoms with E-state index in [-0.39, 0.29) is 26.9 Å². The number of esters is 2. The maximum Gasteiger partial charge on any atom is 0.349 e. The molecule has 42 heavy (non-hydrogen) atoms. The quantitative estimate of drug-likeness (QED) is 0.148. The van der Waals surface area contributed by atoms with Gasteiger partial charge in [-0.3, -0.25) is 4.79 Å². The maximum atomic E-state index is 13.3. The molecule has 10 nitrogen and oxygen atoms in total. The first kappa shape index (κ1) is 29.9. The number of hydrogen-bond donors (Lipinski definition) is 2. The lowest BCUT2D eigenvalue weighted by Crippen LogP contribution is -2.48. The van der Waals surface area contributed by atoms with Crippen molar-refractivity contribution >= 4 is 64.1 Å². The third-order valence-corrected chi connectivity index (χ3v) is 6.26. The van der Waals surface area contributed by atoms with Crippen LogP contribution in [0.2, 0.25) is 10.0 Å². The number of nitrogens with one attached hydrogen (secondary N) is 1. The number of nitrogens with zero attached hydrogens (tertiary/aromatic N) is 2. The summed E-state index contributed by atoms with van der Waals surface area (Å²) in [5, 5.41) is 20.6. The van der Waals surface area contributed by atoms with Gasteiger partial charge in [-0.15, -0.1) is 0 Å². The monoisotopic (exact) mass is 605 g/mol. The van der Waals surface area contributed by atoms with Crippen molar-refractivity contribution in [2.45, 2.75) is 12.2 Å². The molecule has 2 atom stereocenters. The van der Waals surface area contributed by atoms with Gasteiger partial charge in [-0.1, -0.05) is 65.7 Å². The lowest BCUT2D eigenvalue weighted by Gasteiger charge is -2.24. The van der Waals surface area contributed by atoms with Crippen molar-refractivity contribution in [3.05, 3.63) is 124 Å². The first-order valence-electron chi connectivity index (χ1n) is 12.2. The Hall–Kier alpha value is -5.06. The van der Waals surface area contributed by atoms with E-state index in [4.69, 9.17) is 32.7 Å². The number of hydrogen-bond acceptors (Lipinski definition) is 8. The highest BCUT2D eigenvalue weighted by atomic mass is 35.5. The van der Waals surface area contributed by atoms with Gasteiger partial charge in [0.15, 0.2) is 0 Å². The van der Waals surface area contributed by atoms with Crippen LogP contribution >= 0.6 is 23.2 Å². The minimum atomic E-state index is -2.25. The molecule has 212 valence electrons. The first-order chi connectivity index (χ1) is 20.2. The van der Waals surface area contributed by atoms with E-state index in [1.165, 1.54) is 48.5 Å². The van der Waals surface area contributed by atoms with Crippen LogP contribution in [0.3, 0.4) is 0 Å². The van der Waals surface area contributed by atoms with Crippen LogP contribution in [0.15, 0.2) is 113 Å². The van der Waals surface area contributed by atoms with Crippen molar-refractivity contribution in [3.63, 3.8) is 0 Å². The van der Waals surface area contributed by atoms with Crippen LogP contribution in [0.4, 0.5) is 17.1 Å². The van der Waals surface area contributed by atoms with E-state index in [0.29, 0.717) is 11.4 Å². The summed E-state index contributed by atoms with van der Waals surface area (Å²) in [4.78, 5) is 51.3. The van der Waals surface area contributed by atoms with Crippen molar-refractivity contribution in [2.75, 3.05) is 5.32 Å². The maximum absolute atomic E-state index is 13.3. The molecule has 12 heteroatoms. The number of carboxylic acids is 1. The molecule has 0 spiro atoms. The SMILES string of the molecule is O=C(O[C@H](C(=O)Nc1ccc(N=Nc2ccccc2)cc1)[C@@H](OC(=O)c1ccccc1Cl)C(=O)O)c1ccccc1Cl. The second-order valence-corrected chi connectivity index (χ2v) is 9.34. The van der Waals surface area contributed by atoms with Crippen molar-refractivity contribution < 1.29 is 33.8 Å². The molecule has 4 aromatic rings. The van der Waals surface area contributed by atoms with E-state index in [9.17, 15) is 24.3 Å². The molecule has 4 aromatic carbocycles. The molecule has 0 saturated carbocycles. The molecule has 0 aliphatic carbocycles. The number of azo groups is 1. The summed E-state index contributed by atoms with van der Waals surface area (Å²) in [6, 6.07) is 26.7. The highest BCUT2D eigenvalue weighted by molar-refractivity contribution is 6.34. The summed E-state index contributed by atoms with van der Waals surface area (Å²) >= 11 is 12.1. The minimum absolute atomic E-state index is 0.00171. The molecule has 0 aliphatic rings. The second kappa shape index (κ2) is 14.0. The normalized spacial score (nSPS) is 12.2. The number of anilines is 1. The zero-order valence-electron chi connectivity index (χ0n) is 21.5. The molecule has 0 aromatic heterocycles. The van der Waals surface area contributed by atoms with Gasteiger partial charge in [0.05, 0.1) is 32.5 Å². The predicted molar refractivity (Wildman–Crippen MR) is 155 cm³/mol. The number of ether oxygens (including phenoxy) is 2. The minimum Gasteiger partial charge on any atom is -0.478 e. The summed E-state index contributed by atoms with van der Waals surface area (Å²) in [6.07, 6.45) is -4.38. The fourth-order valence-corrected chi connectivity index (χ4v) is 3.97. The van der Waals surface area contributed by atoms with Crippen molar-refractivity contribution in [1.82, 2.24) is 0 Å². The summed E-state index contributed by atoms with van der Waals surface area (Å²) in [6.45, 7) is 0. The third kappa shape index (κ3) is 7.78. The largest absolute Gasteiger partial charge is 0.478 e. The van der Waals surface area contributed by atoms with Gasteiger partial charge in [-0.2, -0.15) is 10.2 Å². The van der Waals surface area contributed by atoms with E-state index in [2.05, 4.69) is 15.5 Å². The van der Waals surface area contributed by atoms with E-state index >= 15 is 0 Å². The number of halogens is 2. The molecule has 0 saturated heterocycles. The van der Waals surface area contributed by atoms with Crippen LogP contribution in [0.1, 0.15) is 20.7 Å². The van der Waals surface area contributed by atoms with Crippen LogP contribution in [0.25, 0.3) is 0 Å². The molecular formula is C30H21Cl2N3O7. The third-order valence-electron chi connectivity index (χ3n) is 5.60. The number of amides is 1. The van der Waals surface area contributed by atoms with Gasteiger partial charge < -0.3 is 19.9 Å². The van der Waals surface area contributed by atoms with E-state index in [1.54, 1.807) is 36.4 Å². The number of aliphatic carboxylic acids is 1. The lowest BCUT2D eigenvalue weighted by molar-refractivity contribution is -0.157.